The van der Waals surface area contributed by atoms with Crippen molar-refractivity contribution < 1.29 is 9.18 Å². The normalized spacial score (nSPS) is 15.3. The second kappa shape index (κ2) is 7.38. The van der Waals surface area contributed by atoms with Gasteiger partial charge in [0.05, 0.1) is 0 Å². The minimum absolute atomic E-state index is 0.0471. The maximum Gasteiger partial charge on any atom is 0.272 e. The summed E-state index contributed by atoms with van der Waals surface area (Å²) in [6, 6.07) is 7.87. The number of piperidine rings is 1. The number of nitrogens with one attached hydrogen (secondary N) is 1. The van der Waals surface area contributed by atoms with Crippen LogP contribution in [-0.2, 0) is 6.54 Å². The standard InChI is InChI=1S/C18H21FN4O/c1-13-7-10-23(11-8-13)17(24)16-6-9-20-18(22-16)21-12-14-2-4-15(19)5-3-14/h2-6,9,13H,7-8,10-12H2,1H3,(H,20,21,22). The molecule has 5 nitrogen and oxygen atoms in total. The third-order valence-electron chi connectivity index (χ3n) is 4.31. The second-order valence-electron chi connectivity index (χ2n) is 6.22. The lowest BCUT2D eigenvalue weighted by atomic mass is 9.99. The molecule has 0 saturated carbocycles. The Bertz CT molecular complexity index is 696. The van der Waals surface area contributed by atoms with Crippen LogP contribution in [0, 0.1) is 11.7 Å². The smallest absolute Gasteiger partial charge is 0.272 e. The van der Waals surface area contributed by atoms with Gasteiger partial charge in [-0.25, -0.2) is 14.4 Å². The molecule has 24 heavy (non-hydrogen) atoms. The van der Waals surface area contributed by atoms with Gasteiger partial charge in [-0.3, -0.25) is 4.79 Å². The van der Waals surface area contributed by atoms with Gasteiger partial charge in [0.15, 0.2) is 0 Å². The van der Waals surface area contributed by atoms with Gasteiger partial charge in [0.2, 0.25) is 5.95 Å². The molecule has 1 aliphatic rings. The third kappa shape index (κ3) is 4.07. The van der Waals surface area contributed by atoms with Gasteiger partial charge < -0.3 is 10.2 Å². The minimum Gasteiger partial charge on any atom is -0.350 e. The van der Waals surface area contributed by atoms with Crippen LogP contribution in [0.15, 0.2) is 36.5 Å². The van der Waals surface area contributed by atoms with E-state index in [1.54, 1.807) is 24.4 Å². The van der Waals surface area contributed by atoms with Crippen LogP contribution >= 0.6 is 0 Å². The molecule has 0 atom stereocenters. The first kappa shape index (κ1) is 16.4. The predicted molar refractivity (Wildman–Crippen MR) is 90.1 cm³/mol. The average molecular weight is 328 g/mol. The lowest BCUT2D eigenvalue weighted by molar-refractivity contribution is 0.0691. The molecule has 0 spiro atoms. The van der Waals surface area contributed by atoms with Crippen molar-refractivity contribution >= 4 is 11.9 Å². The van der Waals surface area contributed by atoms with Gasteiger partial charge >= 0.3 is 0 Å². The number of aromatic nitrogens is 2. The second-order valence-corrected chi connectivity index (χ2v) is 6.22. The van der Waals surface area contributed by atoms with Crippen molar-refractivity contribution in [3.05, 3.63) is 53.6 Å². The zero-order chi connectivity index (χ0) is 16.9. The molecule has 6 heteroatoms. The van der Waals surface area contributed by atoms with Crippen molar-refractivity contribution in [1.82, 2.24) is 14.9 Å². The summed E-state index contributed by atoms with van der Waals surface area (Å²) < 4.78 is 12.9. The molecule has 1 amide bonds. The van der Waals surface area contributed by atoms with Crippen LogP contribution in [-0.4, -0.2) is 33.9 Å². The van der Waals surface area contributed by atoms with Crippen LogP contribution < -0.4 is 5.32 Å². The maximum atomic E-state index is 12.9. The number of benzene rings is 1. The molecule has 1 aliphatic heterocycles. The van der Waals surface area contributed by atoms with Crippen LogP contribution in [0.3, 0.4) is 0 Å². The molecule has 0 radical (unpaired) electrons. The van der Waals surface area contributed by atoms with Crippen LogP contribution in [0.4, 0.5) is 10.3 Å². The molecule has 1 saturated heterocycles. The van der Waals surface area contributed by atoms with E-state index >= 15 is 0 Å². The van der Waals surface area contributed by atoms with Gasteiger partial charge in [0.1, 0.15) is 11.5 Å². The molecule has 2 heterocycles. The van der Waals surface area contributed by atoms with E-state index < -0.39 is 0 Å². The van der Waals surface area contributed by atoms with E-state index in [-0.39, 0.29) is 11.7 Å². The quantitative estimate of drug-likeness (QED) is 0.937. The summed E-state index contributed by atoms with van der Waals surface area (Å²) >= 11 is 0. The molecule has 1 N–H and O–H groups in total. The molecule has 3 rings (SSSR count). The SMILES string of the molecule is CC1CCN(C(=O)c2ccnc(NCc3ccc(F)cc3)n2)CC1. The lowest BCUT2D eigenvalue weighted by Crippen LogP contribution is -2.38. The van der Waals surface area contributed by atoms with E-state index in [4.69, 9.17) is 0 Å². The highest BCUT2D eigenvalue weighted by Crippen LogP contribution is 2.18. The van der Waals surface area contributed by atoms with Gasteiger partial charge in [0.25, 0.3) is 5.91 Å². The summed E-state index contributed by atoms with van der Waals surface area (Å²) in [5.74, 6) is 0.760. The van der Waals surface area contributed by atoms with E-state index in [0.29, 0.717) is 24.1 Å². The summed E-state index contributed by atoms with van der Waals surface area (Å²) in [6.07, 6.45) is 3.65. The fourth-order valence-electron chi connectivity index (χ4n) is 2.72. The van der Waals surface area contributed by atoms with Crippen molar-refractivity contribution in [1.29, 1.82) is 0 Å². The third-order valence-corrected chi connectivity index (χ3v) is 4.31. The van der Waals surface area contributed by atoms with Crippen LogP contribution in [0.5, 0.6) is 0 Å². The highest BCUT2D eigenvalue weighted by molar-refractivity contribution is 5.92. The van der Waals surface area contributed by atoms with Crippen LogP contribution in [0.2, 0.25) is 0 Å². The Morgan fingerprint density at radius 2 is 1.96 bits per heavy atom. The van der Waals surface area contributed by atoms with Crippen LogP contribution in [0.1, 0.15) is 35.8 Å². The number of carbonyl (C=O) groups is 1. The predicted octanol–water partition coefficient (Wildman–Crippen LogP) is 3.10. The van der Waals surface area contributed by atoms with Crippen molar-refractivity contribution in [2.45, 2.75) is 26.3 Å². The molecular formula is C18H21FN4O. The first-order valence-corrected chi connectivity index (χ1v) is 8.22. The van der Waals surface area contributed by atoms with Gasteiger partial charge in [-0.1, -0.05) is 19.1 Å². The largest absolute Gasteiger partial charge is 0.350 e. The molecular weight excluding hydrogens is 307 g/mol. The van der Waals surface area contributed by atoms with Gasteiger partial charge in [-0.15, -0.1) is 0 Å². The zero-order valence-electron chi connectivity index (χ0n) is 13.7. The molecule has 126 valence electrons. The van der Waals surface area contributed by atoms with Gasteiger partial charge in [-0.05, 0) is 42.5 Å². The highest BCUT2D eigenvalue weighted by atomic mass is 19.1. The lowest BCUT2D eigenvalue weighted by Gasteiger charge is -2.30. The summed E-state index contributed by atoms with van der Waals surface area (Å²) in [5, 5.41) is 3.07. The number of amides is 1. The topological polar surface area (TPSA) is 58.1 Å². The number of likely N-dealkylation sites (tertiary alicyclic amines) is 1. The monoisotopic (exact) mass is 328 g/mol. The van der Waals surface area contributed by atoms with E-state index in [9.17, 15) is 9.18 Å². The van der Waals surface area contributed by atoms with Crippen molar-refractivity contribution in [3.8, 4) is 0 Å². The number of hydrogen-bond acceptors (Lipinski definition) is 4. The summed E-state index contributed by atoms with van der Waals surface area (Å²) in [7, 11) is 0. The Kier molecular flexibility index (Phi) is 5.03. The molecule has 1 aromatic carbocycles. The number of nitrogens with zero attached hydrogens (tertiary/aromatic N) is 3. The molecule has 1 fully saturated rings. The highest BCUT2D eigenvalue weighted by Gasteiger charge is 2.22. The van der Waals surface area contributed by atoms with E-state index in [0.717, 1.165) is 31.5 Å². The first-order chi connectivity index (χ1) is 11.6. The van der Waals surface area contributed by atoms with E-state index in [1.807, 2.05) is 4.90 Å². The van der Waals surface area contributed by atoms with Crippen molar-refractivity contribution in [2.24, 2.45) is 5.92 Å². The Labute approximate surface area is 140 Å². The molecule has 0 unspecified atom stereocenters. The fourth-order valence-corrected chi connectivity index (χ4v) is 2.72. The molecule has 0 aliphatic carbocycles. The molecule has 2 aromatic rings. The number of halogens is 1. The molecule has 0 bridgehead atoms. The number of carbonyl (C=O) groups excluding carboxylic acids is 1. The number of hydrogen-bond donors (Lipinski definition) is 1. The summed E-state index contributed by atoms with van der Waals surface area (Å²) in [4.78, 5) is 22.8. The van der Waals surface area contributed by atoms with Gasteiger partial charge in [0, 0.05) is 25.8 Å². The first-order valence-electron chi connectivity index (χ1n) is 8.22. The fraction of sp³-hybridized carbons (Fsp3) is 0.389. The number of anilines is 1. The van der Waals surface area contributed by atoms with Gasteiger partial charge in [-0.2, -0.15) is 0 Å². The Morgan fingerprint density at radius 3 is 2.67 bits per heavy atom. The number of rotatable bonds is 4. The van der Waals surface area contributed by atoms with Crippen molar-refractivity contribution in [3.63, 3.8) is 0 Å². The Morgan fingerprint density at radius 1 is 1.25 bits per heavy atom. The maximum absolute atomic E-state index is 12.9. The van der Waals surface area contributed by atoms with E-state index in [1.165, 1.54) is 12.1 Å². The summed E-state index contributed by atoms with van der Waals surface area (Å²) in [6.45, 7) is 4.24. The average Bonchev–Trinajstić information content (AvgIpc) is 2.61. The van der Waals surface area contributed by atoms with Crippen LogP contribution in [0.25, 0.3) is 0 Å². The Balaban J connectivity index is 1.63. The summed E-state index contributed by atoms with van der Waals surface area (Å²) in [5.41, 5.74) is 1.32. The van der Waals surface area contributed by atoms with Crippen molar-refractivity contribution in [2.75, 3.05) is 18.4 Å². The minimum atomic E-state index is -0.265. The zero-order valence-corrected chi connectivity index (χ0v) is 13.7. The Hall–Kier alpha value is -2.50. The van der Waals surface area contributed by atoms with E-state index in [2.05, 4.69) is 22.2 Å². The molecule has 1 aromatic heterocycles.